The first-order valence-corrected chi connectivity index (χ1v) is 3.47. The van der Waals surface area contributed by atoms with E-state index in [0.717, 1.165) is 0 Å². The summed E-state index contributed by atoms with van der Waals surface area (Å²) in [5.41, 5.74) is 0. The van der Waals surface area contributed by atoms with Crippen LogP contribution in [0.3, 0.4) is 0 Å². The van der Waals surface area contributed by atoms with Crippen molar-refractivity contribution in [3.05, 3.63) is 37.2 Å². The molecule has 0 heterocycles. The molecular formula is C9H11FO2. The van der Waals surface area contributed by atoms with Crippen LogP contribution in [0.4, 0.5) is 4.39 Å². The lowest BCUT2D eigenvalue weighted by atomic mass is 10.4. The van der Waals surface area contributed by atoms with E-state index in [1.807, 2.05) is 0 Å². The Morgan fingerprint density at radius 3 is 2.75 bits per heavy atom. The lowest BCUT2D eigenvalue weighted by molar-refractivity contribution is -0.140. The van der Waals surface area contributed by atoms with Crippen molar-refractivity contribution in [2.45, 2.75) is 6.42 Å². The van der Waals surface area contributed by atoms with Gasteiger partial charge in [-0.15, -0.1) is 0 Å². The van der Waals surface area contributed by atoms with Crippen LogP contribution >= 0.6 is 0 Å². The molecule has 0 atom stereocenters. The van der Waals surface area contributed by atoms with E-state index >= 15 is 0 Å². The van der Waals surface area contributed by atoms with Gasteiger partial charge in [-0.05, 0) is 6.42 Å². The lowest BCUT2D eigenvalue weighted by Gasteiger charge is -1.98. The van der Waals surface area contributed by atoms with E-state index in [9.17, 15) is 9.18 Å². The number of carbonyl (C=O) groups excluding carboxylic acids is 1. The molecule has 0 aromatic heterocycles. The number of rotatable bonds is 5. The van der Waals surface area contributed by atoms with Crippen LogP contribution in [0.2, 0.25) is 0 Å². The van der Waals surface area contributed by atoms with Crippen molar-refractivity contribution >= 4 is 5.97 Å². The first-order valence-electron chi connectivity index (χ1n) is 3.47. The fraction of sp³-hybridized carbons (Fsp3) is 0.222. The van der Waals surface area contributed by atoms with Gasteiger partial charge in [-0.25, -0.2) is 4.79 Å². The molecule has 0 aromatic rings. The molecule has 66 valence electrons. The Hall–Kier alpha value is -1.38. The predicted molar refractivity (Wildman–Crippen MR) is 45.2 cm³/mol. The largest absolute Gasteiger partial charge is 0.460 e. The zero-order valence-electron chi connectivity index (χ0n) is 6.75. The first kappa shape index (κ1) is 10.6. The van der Waals surface area contributed by atoms with E-state index in [-0.39, 0.29) is 6.61 Å². The average Bonchev–Trinajstić information content (AvgIpc) is 2.03. The van der Waals surface area contributed by atoms with Gasteiger partial charge in [0.15, 0.2) is 0 Å². The minimum Gasteiger partial charge on any atom is -0.460 e. The molecule has 0 rings (SSSR count). The zero-order valence-corrected chi connectivity index (χ0v) is 6.75. The maximum Gasteiger partial charge on any atom is 0.366 e. The highest BCUT2D eigenvalue weighted by atomic mass is 19.1. The van der Waals surface area contributed by atoms with Crippen LogP contribution in [0.1, 0.15) is 6.42 Å². The van der Waals surface area contributed by atoms with E-state index < -0.39 is 11.8 Å². The molecule has 0 saturated heterocycles. The van der Waals surface area contributed by atoms with E-state index in [2.05, 4.69) is 17.9 Å². The molecule has 0 unspecified atom stereocenters. The van der Waals surface area contributed by atoms with E-state index in [4.69, 9.17) is 0 Å². The molecule has 0 fully saturated rings. The van der Waals surface area contributed by atoms with E-state index in [0.29, 0.717) is 6.42 Å². The van der Waals surface area contributed by atoms with Crippen molar-refractivity contribution in [2.24, 2.45) is 0 Å². The second-order valence-corrected chi connectivity index (χ2v) is 1.99. The number of hydrogen-bond donors (Lipinski definition) is 0. The zero-order chi connectivity index (χ0) is 9.40. The fourth-order valence-corrected chi connectivity index (χ4v) is 0.490. The fourth-order valence-electron chi connectivity index (χ4n) is 0.490. The summed E-state index contributed by atoms with van der Waals surface area (Å²) >= 11 is 0. The van der Waals surface area contributed by atoms with Gasteiger partial charge in [-0.3, -0.25) is 0 Å². The summed E-state index contributed by atoms with van der Waals surface area (Å²) in [4.78, 5) is 10.4. The highest BCUT2D eigenvalue weighted by Gasteiger charge is 2.04. The number of hydrogen-bond acceptors (Lipinski definition) is 2. The highest BCUT2D eigenvalue weighted by molar-refractivity contribution is 5.85. The molecule has 0 saturated carbocycles. The van der Waals surface area contributed by atoms with Gasteiger partial charge < -0.3 is 4.74 Å². The standard InChI is InChI=1S/C9H11FO2/c1-3-4-5-6-7-12-9(11)8(2)10/h3-5H,1-2,6-7H2/b5-4+. The summed E-state index contributed by atoms with van der Waals surface area (Å²) in [6.07, 6.45) is 5.64. The Labute approximate surface area is 71.0 Å². The van der Waals surface area contributed by atoms with Crippen LogP contribution in [0.15, 0.2) is 37.2 Å². The molecule has 0 aliphatic heterocycles. The summed E-state index contributed by atoms with van der Waals surface area (Å²) in [5, 5.41) is 0. The van der Waals surface area contributed by atoms with Crippen molar-refractivity contribution in [2.75, 3.05) is 6.61 Å². The third kappa shape index (κ3) is 5.41. The van der Waals surface area contributed by atoms with Gasteiger partial charge in [0.1, 0.15) is 0 Å². The second kappa shape index (κ2) is 6.34. The third-order valence-electron chi connectivity index (χ3n) is 1.01. The van der Waals surface area contributed by atoms with Crippen molar-refractivity contribution in [1.82, 2.24) is 0 Å². The van der Waals surface area contributed by atoms with Gasteiger partial charge in [-0.1, -0.05) is 31.4 Å². The van der Waals surface area contributed by atoms with Gasteiger partial charge in [0.05, 0.1) is 6.61 Å². The van der Waals surface area contributed by atoms with Crippen LogP contribution in [0.5, 0.6) is 0 Å². The predicted octanol–water partition coefficient (Wildman–Crippen LogP) is 2.15. The maximum absolute atomic E-state index is 12.0. The molecule has 3 heteroatoms. The van der Waals surface area contributed by atoms with E-state index in [1.54, 1.807) is 18.2 Å². The molecule has 0 aliphatic carbocycles. The maximum atomic E-state index is 12.0. The number of ether oxygens (including phenoxy) is 1. The van der Waals surface area contributed by atoms with Crippen molar-refractivity contribution in [3.8, 4) is 0 Å². The molecule has 0 N–H and O–H groups in total. The van der Waals surface area contributed by atoms with Crippen molar-refractivity contribution in [1.29, 1.82) is 0 Å². The minimum atomic E-state index is -1.07. The normalized spacial score (nSPS) is 9.75. The summed E-state index contributed by atoms with van der Waals surface area (Å²) in [5.74, 6) is -2.07. The number of esters is 1. The van der Waals surface area contributed by atoms with Gasteiger partial charge in [0.2, 0.25) is 5.83 Å². The van der Waals surface area contributed by atoms with Gasteiger partial charge in [-0.2, -0.15) is 4.39 Å². The molecule has 0 bridgehead atoms. The minimum absolute atomic E-state index is 0.159. The Morgan fingerprint density at radius 2 is 2.25 bits per heavy atom. The first-order chi connectivity index (χ1) is 5.68. The van der Waals surface area contributed by atoms with E-state index in [1.165, 1.54) is 0 Å². The Morgan fingerprint density at radius 1 is 1.58 bits per heavy atom. The van der Waals surface area contributed by atoms with Crippen LogP contribution in [0.25, 0.3) is 0 Å². The summed E-state index contributed by atoms with van der Waals surface area (Å²) in [7, 11) is 0. The SMILES string of the molecule is C=C/C=C/CCOC(=O)C(=C)F. The van der Waals surface area contributed by atoms with Gasteiger partial charge in [0.25, 0.3) is 0 Å². The molecule has 0 radical (unpaired) electrons. The summed E-state index contributed by atoms with van der Waals surface area (Å²) in [6.45, 7) is 6.41. The molecule has 12 heavy (non-hydrogen) atoms. The second-order valence-electron chi connectivity index (χ2n) is 1.99. The monoisotopic (exact) mass is 170 g/mol. The van der Waals surface area contributed by atoms with Crippen LogP contribution in [0, 0.1) is 0 Å². The number of carbonyl (C=O) groups is 1. The Balaban J connectivity index is 3.44. The molecule has 0 amide bonds. The number of halogens is 1. The summed E-state index contributed by atoms with van der Waals surface area (Å²) < 4.78 is 16.4. The molecule has 0 spiro atoms. The summed E-state index contributed by atoms with van der Waals surface area (Å²) in [6, 6.07) is 0. The van der Waals surface area contributed by atoms with Crippen molar-refractivity contribution in [3.63, 3.8) is 0 Å². The quantitative estimate of drug-likeness (QED) is 0.273. The number of allylic oxidation sites excluding steroid dienone is 2. The van der Waals surface area contributed by atoms with Crippen molar-refractivity contribution < 1.29 is 13.9 Å². The lowest BCUT2D eigenvalue weighted by Crippen LogP contribution is -2.04. The Kier molecular flexibility index (Phi) is 5.61. The molecule has 2 nitrogen and oxygen atoms in total. The average molecular weight is 170 g/mol. The topological polar surface area (TPSA) is 26.3 Å². The third-order valence-corrected chi connectivity index (χ3v) is 1.01. The van der Waals surface area contributed by atoms with Gasteiger partial charge in [0, 0.05) is 0 Å². The smallest absolute Gasteiger partial charge is 0.366 e. The Bertz CT molecular complexity index is 207. The highest BCUT2D eigenvalue weighted by Crippen LogP contribution is 1.96. The van der Waals surface area contributed by atoms with Crippen LogP contribution in [-0.2, 0) is 9.53 Å². The molecule has 0 aromatic carbocycles. The van der Waals surface area contributed by atoms with Crippen LogP contribution in [-0.4, -0.2) is 12.6 Å². The van der Waals surface area contributed by atoms with Crippen LogP contribution < -0.4 is 0 Å². The molecular weight excluding hydrogens is 159 g/mol. The molecule has 0 aliphatic rings. The van der Waals surface area contributed by atoms with Gasteiger partial charge >= 0.3 is 5.97 Å².